The Kier molecular flexibility index (Phi) is 5.17. The zero-order chi connectivity index (χ0) is 13.9. The number of likely N-dealkylation sites (N-methyl/N-ethyl adjacent to an activating group) is 1. The SMILES string of the molecule is CC1CCCC(N)C1C(=O)NCC(C)(C)N(C)C. The van der Waals surface area contributed by atoms with Gasteiger partial charge in [0.15, 0.2) is 0 Å². The van der Waals surface area contributed by atoms with E-state index in [1.54, 1.807) is 0 Å². The molecule has 3 atom stereocenters. The standard InChI is InChI=1S/C14H29N3O/c1-10-7-6-8-11(15)12(10)13(18)16-9-14(2,3)17(4)5/h10-12H,6-9,15H2,1-5H3,(H,16,18). The van der Waals surface area contributed by atoms with Gasteiger partial charge < -0.3 is 16.0 Å². The molecule has 0 radical (unpaired) electrons. The van der Waals surface area contributed by atoms with Crippen LogP contribution in [-0.4, -0.2) is 43.0 Å². The van der Waals surface area contributed by atoms with Crippen LogP contribution in [0.25, 0.3) is 0 Å². The largest absolute Gasteiger partial charge is 0.354 e. The first-order valence-electron chi connectivity index (χ1n) is 6.96. The first kappa shape index (κ1) is 15.4. The zero-order valence-electron chi connectivity index (χ0n) is 12.5. The molecule has 106 valence electrons. The molecule has 18 heavy (non-hydrogen) atoms. The fourth-order valence-corrected chi connectivity index (χ4v) is 2.49. The topological polar surface area (TPSA) is 58.4 Å². The van der Waals surface area contributed by atoms with E-state index in [0.717, 1.165) is 19.3 Å². The van der Waals surface area contributed by atoms with Gasteiger partial charge >= 0.3 is 0 Å². The van der Waals surface area contributed by atoms with Gasteiger partial charge in [-0.1, -0.05) is 13.3 Å². The fraction of sp³-hybridized carbons (Fsp3) is 0.929. The molecule has 0 heterocycles. The summed E-state index contributed by atoms with van der Waals surface area (Å²) in [6, 6.07) is 0.0243. The number of nitrogens with two attached hydrogens (primary N) is 1. The first-order chi connectivity index (χ1) is 8.25. The van der Waals surface area contributed by atoms with Crippen LogP contribution in [-0.2, 0) is 4.79 Å². The van der Waals surface area contributed by atoms with Gasteiger partial charge in [-0.2, -0.15) is 0 Å². The Bertz CT molecular complexity index is 279. The van der Waals surface area contributed by atoms with Gasteiger partial charge in [0.1, 0.15) is 0 Å². The maximum Gasteiger partial charge on any atom is 0.225 e. The van der Waals surface area contributed by atoms with Crippen LogP contribution in [0.15, 0.2) is 0 Å². The molecule has 1 aliphatic carbocycles. The third-order valence-corrected chi connectivity index (χ3v) is 4.48. The molecule has 1 rings (SSSR count). The van der Waals surface area contributed by atoms with Gasteiger partial charge in [-0.15, -0.1) is 0 Å². The van der Waals surface area contributed by atoms with Gasteiger partial charge in [0.05, 0.1) is 5.92 Å². The minimum atomic E-state index is -0.0301. The van der Waals surface area contributed by atoms with Gasteiger partial charge in [-0.05, 0) is 46.7 Å². The lowest BCUT2D eigenvalue weighted by Gasteiger charge is -2.36. The average Bonchev–Trinajstić information content (AvgIpc) is 2.26. The lowest BCUT2D eigenvalue weighted by molar-refractivity contribution is -0.128. The van der Waals surface area contributed by atoms with Crippen molar-refractivity contribution in [3.63, 3.8) is 0 Å². The summed E-state index contributed by atoms with van der Waals surface area (Å²) in [4.78, 5) is 14.4. The van der Waals surface area contributed by atoms with Crippen LogP contribution < -0.4 is 11.1 Å². The van der Waals surface area contributed by atoms with Crippen molar-refractivity contribution in [2.45, 2.75) is 51.6 Å². The molecular formula is C14H29N3O. The number of nitrogens with one attached hydrogen (secondary N) is 1. The van der Waals surface area contributed by atoms with E-state index in [0.29, 0.717) is 12.5 Å². The van der Waals surface area contributed by atoms with Crippen molar-refractivity contribution in [2.75, 3.05) is 20.6 Å². The van der Waals surface area contributed by atoms with Crippen molar-refractivity contribution < 1.29 is 4.79 Å². The quantitative estimate of drug-likeness (QED) is 0.794. The van der Waals surface area contributed by atoms with Crippen LogP contribution in [0.4, 0.5) is 0 Å². The average molecular weight is 255 g/mol. The molecule has 0 aliphatic heterocycles. The van der Waals surface area contributed by atoms with E-state index < -0.39 is 0 Å². The van der Waals surface area contributed by atoms with Crippen LogP contribution in [0.5, 0.6) is 0 Å². The van der Waals surface area contributed by atoms with E-state index in [4.69, 9.17) is 5.73 Å². The predicted octanol–water partition coefficient (Wildman–Crippen LogP) is 1.21. The lowest BCUT2D eigenvalue weighted by atomic mass is 9.76. The Hall–Kier alpha value is -0.610. The Morgan fingerprint density at radius 3 is 2.50 bits per heavy atom. The molecule has 0 saturated heterocycles. The highest BCUT2D eigenvalue weighted by Crippen LogP contribution is 2.29. The van der Waals surface area contributed by atoms with E-state index in [2.05, 4.69) is 31.0 Å². The molecule has 4 heteroatoms. The first-order valence-corrected chi connectivity index (χ1v) is 6.96. The molecule has 4 nitrogen and oxygen atoms in total. The molecule has 1 aliphatic rings. The lowest BCUT2D eigenvalue weighted by Crippen LogP contribution is -2.53. The number of hydrogen-bond donors (Lipinski definition) is 2. The van der Waals surface area contributed by atoms with Crippen molar-refractivity contribution in [1.82, 2.24) is 10.2 Å². The fourth-order valence-electron chi connectivity index (χ4n) is 2.49. The second-order valence-electron chi connectivity index (χ2n) is 6.52. The second kappa shape index (κ2) is 6.02. The molecule has 1 saturated carbocycles. The molecule has 0 aromatic carbocycles. The summed E-state index contributed by atoms with van der Waals surface area (Å²) in [7, 11) is 4.06. The number of rotatable bonds is 4. The minimum absolute atomic E-state index is 0.0169. The number of carbonyl (C=O) groups excluding carboxylic acids is 1. The molecule has 1 amide bonds. The Morgan fingerprint density at radius 1 is 1.39 bits per heavy atom. The summed E-state index contributed by atoms with van der Waals surface area (Å²) in [5, 5.41) is 3.07. The third-order valence-electron chi connectivity index (χ3n) is 4.48. The number of nitrogens with zero attached hydrogens (tertiary/aromatic N) is 1. The molecule has 1 fully saturated rings. The van der Waals surface area contributed by atoms with E-state index in [-0.39, 0.29) is 23.4 Å². The maximum atomic E-state index is 12.3. The van der Waals surface area contributed by atoms with E-state index in [1.165, 1.54) is 0 Å². The maximum absolute atomic E-state index is 12.3. The molecule has 3 unspecified atom stereocenters. The Labute approximate surface area is 111 Å². The molecule has 3 N–H and O–H groups in total. The van der Waals surface area contributed by atoms with Gasteiger partial charge in [0.2, 0.25) is 5.91 Å². The van der Waals surface area contributed by atoms with Crippen molar-refractivity contribution in [3.05, 3.63) is 0 Å². The molecule has 0 bridgehead atoms. The summed E-state index contributed by atoms with van der Waals surface area (Å²) in [5.74, 6) is 0.512. The van der Waals surface area contributed by atoms with Gasteiger partial charge in [-0.3, -0.25) is 4.79 Å². The van der Waals surface area contributed by atoms with E-state index >= 15 is 0 Å². The summed E-state index contributed by atoms with van der Waals surface area (Å²) in [6.07, 6.45) is 3.23. The third kappa shape index (κ3) is 3.69. The predicted molar refractivity (Wildman–Crippen MR) is 75.3 cm³/mol. The molecule has 0 aromatic heterocycles. The summed E-state index contributed by atoms with van der Waals surface area (Å²) in [6.45, 7) is 7.05. The van der Waals surface area contributed by atoms with Gasteiger partial charge in [-0.25, -0.2) is 0 Å². The van der Waals surface area contributed by atoms with Crippen molar-refractivity contribution in [2.24, 2.45) is 17.6 Å². The van der Waals surface area contributed by atoms with Crippen LogP contribution in [0, 0.1) is 11.8 Å². The summed E-state index contributed by atoms with van der Waals surface area (Å²) in [5.41, 5.74) is 6.07. The zero-order valence-corrected chi connectivity index (χ0v) is 12.5. The number of carbonyl (C=O) groups is 1. The van der Waals surface area contributed by atoms with Crippen molar-refractivity contribution >= 4 is 5.91 Å². The highest BCUT2D eigenvalue weighted by Gasteiger charge is 2.34. The van der Waals surface area contributed by atoms with Gasteiger partial charge in [0.25, 0.3) is 0 Å². The highest BCUT2D eigenvalue weighted by atomic mass is 16.1. The second-order valence-corrected chi connectivity index (χ2v) is 6.52. The Morgan fingerprint density at radius 2 is 2.00 bits per heavy atom. The molecule has 0 aromatic rings. The summed E-state index contributed by atoms with van der Waals surface area (Å²) < 4.78 is 0. The number of amides is 1. The van der Waals surface area contributed by atoms with Crippen molar-refractivity contribution in [1.29, 1.82) is 0 Å². The van der Waals surface area contributed by atoms with Crippen LogP contribution >= 0.6 is 0 Å². The van der Waals surface area contributed by atoms with Crippen LogP contribution in [0.2, 0.25) is 0 Å². The summed E-state index contributed by atoms with van der Waals surface area (Å²) >= 11 is 0. The van der Waals surface area contributed by atoms with Crippen LogP contribution in [0.1, 0.15) is 40.0 Å². The minimum Gasteiger partial charge on any atom is -0.354 e. The molecule has 0 spiro atoms. The Balaban J connectivity index is 2.54. The van der Waals surface area contributed by atoms with Gasteiger partial charge in [0, 0.05) is 18.1 Å². The number of hydrogen-bond acceptors (Lipinski definition) is 3. The van der Waals surface area contributed by atoms with E-state index in [9.17, 15) is 4.79 Å². The van der Waals surface area contributed by atoms with E-state index in [1.807, 2.05) is 14.1 Å². The normalized spacial score (nSPS) is 29.4. The van der Waals surface area contributed by atoms with Crippen molar-refractivity contribution in [3.8, 4) is 0 Å². The smallest absolute Gasteiger partial charge is 0.225 e. The monoisotopic (exact) mass is 255 g/mol. The highest BCUT2D eigenvalue weighted by molar-refractivity contribution is 5.79. The van der Waals surface area contributed by atoms with Crippen LogP contribution in [0.3, 0.4) is 0 Å². The molecular weight excluding hydrogens is 226 g/mol.